The zero-order chi connectivity index (χ0) is 17.9. The van der Waals surface area contributed by atoms with Crippen molar-refractivity contribution in [1.29, 1.82) is 0 Å². The highest BCUT2D eigenvalue weighted by molar-refractivity contribution is 7.99. The number of amides is 2. The summed E-state index contributed by atoms with van der Waals surface area (Å²) in [4.78, 5) is 14.4. The number of carbonyl (C=O) groups excluding carboxylic acids is 1. The number of nitrogens with one attached hydrogen (secondary N) is 1. The molecule has 1 fully saturated rings. The van der Waals surface area contributed by atoms with Crippen molar-refractivity contribution in [1.82, 2.24) is 4.90 Å². The van der Waals surface area contributed by atoms with Gasteiger partial charge in [-0.25, -0.2) is 4.79 Å². The Kier molecular flexibility index (Phi) is 5.13. The fourth-order valence-electron chi connectivity index (χ4n) is 3.12. The molecule has 2 aliphatic heterocycles. The topological polar surface area (TPSA) is 50.8 Å². The molecule has 0 radical (unpaired) electrons. The molecule has 1 saturated heterocycles. The third-order valence-electron chi connectivity index (χ3n) is 4.47. The Bertz CT molecular complexity index is 817. The van der Waals surface area contributed by atoms with Crippen LogP contribution in [0.1, 0.15) is 17.2 Å². The average Bonchev–Trinajstić information content (AvgIpc) is 2.96. The number of hydrogen-bond acceptors (Lipinski definition) is 4. The molecule has 1 N–H and O–H groups in total. The van der Waals surface area contributed by atoms with Gasteiger partial charge in [0.15, 0.2) is 11.5 Å². The Morgan fingerprint density at radius 1 is 1.15 bits per heavy atom. The molecule has 5 nitrogen and oxygen atoms in total. The van der Waals surface area contributed by atoms with Crippen molar-refractivity contribution in [2.75, 3.05) is 31.0 Å². The largest absolute Gasteiger partial charge is 0.454 e. The SMILES string of the molecule is O=C(Nc1cccc(Cl)c1)N1CCSC(c2ccc3c(c2)OCO3)CC1. The van der Waals surface area contributed by atoms with Crippen molar-refractivity contribution < 1.29 is 14.3 Å². The highest BCUT2D eigenvalue weighted by Gasteiger charge is 2.24. The monoisotopic (exact) mass is 390 g/mol. The van der Waals surface area contributed by atoms with Crippen LogP contribution < -0.4 is 14.8 Å². The fourth-order valence-corrected chi connectivity index (χ4v) is 4.53. The minimum absolute atomic E-state index is 0.0841. The molecule has 136 valence electrons. The van der Waals surface area contributed by atoms with Crippen molar-refractivity contribution in [2.24, 2.45) is 0 Å². The molecule has 2 aromatic rings. The van der Waals surface area contributed by atoms with Gasteiger partial charge in [0.05, 0.1) is 0 Å². The number of hydrogen-bond donors (Lipinski definition) is 1. The number of anilines is 1. The standard InChI is InChI=1S/C19H19ClN2O3S/c20-14-2-1-3-15(11-14)21-19(23)22-7-6-18(26-9-8-22)13-4-5-16-17(10-13)25-12-24-16/h1-5,10-11,18H,6-9,12H2,(H,21,23). The van der Waals surface area contributed by atoms with E-state index in [1.54, 1.807) is 12.1 Å². The predicted molar refractivity (Wildman–Crippen MR) is 104 cm³/mol. The minimum Gasteiger partial charge on any atom is -0.454 e. The first kappa shape index (κ1) is 17.4. The Balaban J connectivity index is 1.39. The molecular weight excluding hydrogens is 372 g/mol. The second-order valence-corrected chi connectivity index (χ2v) is 7.94. The molecule has 0 bridgehead atoms. The minimum atomic E-state index is -0.0841. The van der Waals surface area contributed by atoms with E-state index in [0.717, 1.165) is 30.2 Å². The Hall–Kier alpha value is -2.05. The van der Waals surface area contributed by atoms with Crippen LogP contribution in [0.2, 0.25) is 5.02 Å². The van der Waals surface area contributed by atoms with Crippen molar-refractivity contribution in [3.8, 4) is 11.5 Å². The van der Waals surface area contributed by atoms with Crippen molar-refractivity contribution >= 4 is 35.1 Å². The number of ether oxygens (including phenoxy) is 2. The molecule has 0 aliphatic carbocycles. The highest BCUT2D eigenvalue weighted by Crippen LogP contribution is 2.40. The van der Waals surface area contributed by atoms with E-state index in [-0.39, 0.29) is 12.8 Å². The van der Waals surface area contributed by atoms with E-state index < -0.39 is 0 Å². The van der Waals surface area contributed by atoms with Crippen LogP contribution in [-0.4, -0.2) is 36.6 Å². The number of carbonyl (C=O) groups is 1. The van der Waals surface area contributed by atoms with E-state index in [0.29, 0.717) is 22.5 Å². The summed E-state index contributed by atoms with van der Waals surface area (Å²) in [6.45, 7) is 1.71. The van der Waals surface area contributed by atoms with Gasteiger partial charge in [-0.15, -0.1) is 0 Å². The van der Waals surface area contributed by atoms with Crippen LogP contribution in [0.5, 0.6) is 11.5 Å². The maximum atomic E-state index is 12.6. The number of rotatable bonds is 2. The van der Waals surface area contributed by atoms with Gasteiger partial charge in [0.25, 0.3) is 0 Å². The molecule has 4 rings (SSSR count). The second-order valence-electron chi connectivity index (χ2n) is 6.19. The van der Waals surface area contributed by atoms with Gasteiger partial charge in [0.2, 0.25) is 6.79 Å². The summed E-state index contributed by atoms with van der Waals surface area (Å²) >= 11 is 7.85. The van der Waals surface area contributed by atoms with Crippen LogP contribution in [0.3, 0.4) is 0 Å². The summed E-state index contributed by atoms with van der Waals surface area (Å²) in [6.07, 6.45) is 0.896. The third-order valence-corrected chi connectivity index (χ3v) is 6.04. The molecule has 26 heavy (non-hydrogen) atoms. The molecule has 7 heteroatoms. The summed E-state index contributed by atoms with van der Waals surface area (Å²) < 4.78 is 10.9. The molecule has 2 heterocycles. The van der Waals surface area contributed by atoms with Gasteiger partial charge in [-0.05, 0) is 42.3 Å². The lowest BCUT2D eigenvalue weighted by Gasteiger charge is -2.21. The first-order valence-electron chi connectivity index (χ1n) is 8.52. The first-order chi connectivity index (χ1) is 12.7. The van der Waals surface area contributed by atoms with Crippen LogP contribution in [0.25, 0.3) is 0 Å². The smallest absolute Gasteiger partial charge is 0.321 e. The third kappa shape index (κ3) is 3.86. The van der Waals surface area contributed by atoms with Gasteiger partial charge >= 0.3 is 6.03 Å². The summed E-state index contributed by atoms with van der Waals surface area (Å²) in [5.41, 5.74) is 1.93. The molecule has 1 unspecified atom stereocenters. The van der Waals surface area contributed by atoms with Crippen LogP contribution in [-0.2, 0) is 0 Å². The van der Waals surface area contributed by atoms with Gasteiger partial charge in [-0.3, -0.25) is 0 Å². The van der Waals surface area contributed by atoms with Gasteiger partial charge in [0.1, 0.15) is 0 Å². The van der Waals surface area contributed by atoms with Crippen molar-refractivity contribution in [2.45, 2.75) is 11.7 Å². The molecule has 1 atom stereocenters. The van der Waals surface area contributed by atoms with Crippen molar-refractivity contribution in [3.63, 3.8) is 0 Å². The average molecular weight is 391 g/mol. The Labute approximate surface area is 161 Å². The van der Waals surface area contributed by atoms with E-state index in [9.17, 15) is 4.79 Å². The first-order valence-corrected chi connectivity index (χ1v) is 9.94. The summed E-state index contributed by atoms with van der Waals surface area (Å²) in [7, 11) is 0. The summed E-state index contributed by atoms with van der Waals surface area (Å²) in [5, 5.41) is 3.88. The zero-order valence-electron chi connectivity index (χ0n) is 14.1. The lowest BCUT2D eigenvalue weighted by molar-refractivity contribution is 0.174. The van der Waals surface area contributed by atoms with E-state index in [4.69, 9.17) is 21.1 Å². The normalized spacial score (nSPS) is 19.1. The molecule has 0 aromatic heterocycles. The predicted octanol–water partition coefficient (Wildman–Crippen LogP) is 4.78. The number of benzene rings is 2. The van der Waals surface area contributed by atoms with Gasteiger partial charge in [0, 0.05) is 34.8 Å². The van der Waals surface area contributed by atoms with E-state index >= 15 is 0 Å². The van der Waals surface area contributed by atoms with Gasteiger partial charge < -0.3 is 19.7 Å². The van der Waals surface area contributed by atoms with Crippen LogP contribution >= 0.6 is 23.4 Å². The van der Waals surface area contributed by atoms with E-state index in [1.807, 2.05) is 34.9 Å². The highest BCUT2D eigenvalue weighted by atomic mass is 35.5. The Morgan fingerprint density at radius 3 is 2.92 bits per heavy atom. The summed E-state index contributed by atoms with van der Waals surface area (Å²) in [5.74, 6) is 2.50. The second kappa shape index (κ2) is 7.68. The number of nitrogens with zero attached hydrogens (tertiary/aromatic N) is 1. The van der Waals surface area contributed by atoms with Crippen LogP contribution in [0, 0.1) is 0 Å². The zero-order valence-corrected chi connectivity index (χ0v) is 15.7. The number of urea groups is 1. The fraction of sp³-hybridized carbons (Fsp3) is 0.316. The van der Waals surface area contributed by atoms with Gasteiger partial charge in [-0.2, -0.15) is 11.8 Å². The van der Waals surface area contributed by atoms with Crippen molar-refractivity contribution in [3.05, 3.63) is 53.1 Å². The van der Waals surface area contributed by atoms with Crippen LogP contribution in [0.15, 0.2) is 42.5 Å². The Morgan fingerprint density at radius 2 is 2.04 bits per heavy atom. The van der Waals surface area contributed by atoms with Gasteiger partial charge in [-0.1, -0.05) is 23.7 Å². The number of halogens is 1. The molecular formula is C19H19ClN2O3S. The molecule has 2 aromatic carbocycles. The molecule has 0 saturated carbocycles. The molecule has 2 amide bonds. The quantitative estimate of drug-likeness (QED) is 0.801. The molecule has 0 spiro atoms. The number of fused-ring (bicyclic) bond motifs is 1. The maximum Gasteiger partial charge on any atom is 0.321 e. The maximum absolute atomic E-state index is 12.6. The van der Waals surface area contributed by atoms with E-state index in [1.165, 1.54) is 5.56 Å². The van der Waals surface area contributed by atoms with E-state index in [2.05, 4.69) is 17.4 Å². The summed E-state index contributed by atoms with van der Waals surface area (Å²) in [6, 6.07) is 13.2. The lowest BCUT2D eigenvalue weighted by atomic mass is 10.1. The molecule has 2 aliphatic rings. The van der Waals surface area contributed by atoms with Crippen LogP contribution in [0.4, 0.5) is 10.5 Å². The number of thioether (sulfide) groups is 1. The lowest BCUT2D eigenvalue weighted by Crippen LogP contribution is -2.36.